The molecule has 25 heavy (non-hydrogen) atoms. The third-order valence-electron chi connectivity index (χ3n) is 4.03. The molecule has 2 N–H and O–H groups in total. The van der Waals surface area contributed by atoms with Crippen LogP contribution in [0, 0.1) is 6.92 Å². The minimum Gasteiger partial charge on any atom is -0.495 e. The number of anilines is 2. The largest absolute Gasteiger partial charge is 0.495 e. The highest BCUT2D eigenvalue weighted by Gasteiger charge is 2.17. The molecule has 2 aromatic rings. The Morgan fingerprint density at radius 3 is 2.88 bits per heavy atom. The molecule has 1 aromatic carbocycles. The van der Waals surface area contributed by atoms with Crippen LogP contribution in [0.2, 0.25) is 0 Å². The van der Waals surface area contributed by atoms with Gasteiger partial charge in [0.15, 0.2) is 11.5 Å². The van der Waals surface area contributed by atoms with Gasteiger partial charge in [-0.2, -0.15) is 0 Å². The van der Waals surface area contributed by atoms with E-state index in [0.29, 0.717) is 18.1 Å². The first-order valence-corrected chi connectivity index (χ1v) is 8.31. The molecule has 0 saturated carbocycles. The highest BCUT2D eigenvalue weighted by Crippen LogP contribution is 2.27. The molecule has 1 atom stereocenters. The van der Waals surface area contributed by atoms with Crippen molar-refractivity contribution in [2.45, 2.75) is 25.9 Å². The Morgan fingerprint density at radius 1 is 1.32 bits per heavy atom. The molecule has 1 aliphatic heterocycles. The average Bonchev–Trinajstić information content (AvgIpc) is 3.14. The van der Waals surface area contributed by atoms with E-state index < -0.39 is 0 Å². The van der Waals surface area contributed by atoms with E-state index >= 15 is 0 Å². The van der Waals surface area contributed by atoms with Crippen LogP contribution >= 0.6 is 0 Å². The standard InChI is InChI=1S/C18H22N4O3/c1-12-5-7-16(24-2)15(10-12)20-17-8-6-14(21-22-17)18(23)19-11-13-4-3-9-25-13/h5-8,10,13H,3-4,9,11H2,1-2H3,(H,19,23)(H,20,22). The highest BCUT2D eigenvalue weighted by atomic mass is 16.5. The highest BCUT2D eigenvalue weighted by molar-refractivity contribution is 5.92. The molecule has 2 heterocycles. The van der Waals surface area contributed by atoms with Crippen LogP contribution in [0.15, 0.2) is 30.3 Å². The van der Waals surface area contributed by atoms with Crippen molar-refractivity contribution in [2.24, 2.45) is 0 Å². The van der Waals surface area contributed by atoms with Crippen molar-refractivity contribution in [1.29, 1.82) is 0 Å². The van der Waals surface area contributed by atoms with Crippen LogP contribution in [0.1, 0.15) is 28.9 Å². The molecule has 0 aliphatic carbocycles. The number of benzene rings is 1. The van der Waals surface area contributed by atoms with Crippen LogP contribution in [0.4, 0.5) is 11.5 Å². The maximum Gasteiger partial charge on any atom is 0.271 e. The summed E-state index contributed by atoms with van der Waals surface area (Å²) in [6, 6.07) is 9.18. The normalized spacial score (nSPS) is 16.5. The Balaban J connectivity index is 1.62. The average molecular weight is 342 g/mol. The summed E-state index contributed by atoms with van der Waals surface area (Å²) in [5, 5.41) is 14.0. The fourth-order valence-corrected chi connectivity index (χ4v) is 2.68. The van der Waals surface area contributed by atoms with Crippen LogP contribution in [0.3, 0.4) is 0 Å². The SMILES string of the molecule is COc1ccc(C)cc1Nc1ccc(C(=O)NCC2CCCO2)nn1. The number of ether oxygens (including phenoxy) is 2. The number of aryl methyl sites for hydroxylation is 1. The Hall–Kier alpha value is -2.67. The molecule has 1 aromatic heterocycles. The molecular formula is C18H22N4O3. The predicted octanol–water partition coefficient (Wildman–Crippen LogP) is 2.45. The first-order valence-electron chi connectivity index (χ1n) is 8.31. The number of carbonyl (C=O) groups is 1. The molecule has 1 unspecified atom stereocenters. The molecule has 1 fully saturated rings. The Kier molecular flexibility index (Phi) is 5.45. The van der Waals surface area contributed by atoms with Crippen molar-refractivity contribution in [3.8, 4) is 5.75 Å². The van der Waals surface area contributed by atoms with Crippen molar-refractivity contribution in [1.82, 2.24) is 15.5 Å². The van der Waals surface area contributed by atoms with Crippen molar-refractivity contribution >= 4 is 17.4 Å². The van der Waals surface area contributed by atoms with Gasteiger partial charge in [0.05, 0.1) is 18.9 Å². The van der Waals surface area contributed by atoms with Crippen molar-refractivity contribution in [3.63, 3.8) is 0 Å². The summed E-state index contributed by atoms with van der Waals surface area (Å²) in [7, 11) is 1.61. The molecule has 7 heteroatoms. The summed E-state index contributed by atoms with van der Waals surface area (Å²) in [5.41, 5.74) is 2.17. The molecule has 3 rings (SSSR count). The lowest BCUT2D eigenvalue weighted by Crippen LogP contribution is -2.32. The third kappa shape index (κ3) is 4.45. The molecule has 1 saturated heterocycles. The molecule has 0 spiro atoms. The summed E-state index contributed by atoms with van der Waals surface area (Å²) in [6.45, 7) is 3.27. The molecule has 7 nitrogen and oxygen atoms in total. The Labute approximate surface area is 146 Å². The van der Waals surface area contributed by atoms with Gasteiger partial charge in [-0.3, -0.25) is 4.79 Å². The second-order valence-corrected chi connectivity index (χ2v) is 5.98. The summed E-state index contributed by atoms with van der Waals surface area (Å²) < 4.78 is 10.8. The Bertz CT molecular complexity index is 728. The van der Waals surface area contributed by atoms with Gasteiger partial charge in [-0.25, -0.2) is 0 Å². The lowest BCUT2D eigenvalue weighted by molar-refractivity contribution is 0.0853. The van der Waals surface area contributed by atoms with Gasteiger partial charge < -0.3 is 20.1 Å². The monoisotopic (exact) mass is 342 g/mol. The van der Waals surface area contributed by atoms with Crippen LogP contribution in [0.25, 0.3) is 0 Å². The zero-order chi connectivity index (χ0) is 17.6. The number of nitrogens with one attached hydrogen (secondary N) is 2. The van der Waals surface area contributed by atoms with Crippen LogP contribution in [-0.4, -0.2) is 42.5 Å². The van der Waals surface area contributed by atoms with E-state index in [2.05, 4.69) is 20.8 Å². The zero-order valence-electron chi connectivity index (χ0n) is 14.4. The third-order valence-corrected chi connectivity index (χ3v) is 4.03. The number of carbonyl (C=O) groups excluding carboxylic acids is 1. The summed E-state index contributed by atoms with van der Waals surface area (Å²) in [5.74, 6) is 1.01. The van der Waals surface area contributed by atoms with Crippen LogP contribution in [0.5, 0.6) is 5.75 Å². The number of amides is 1. The molecule has 0 radical (unpaired) electrons. The second kappa shape index (κ2) is 7.94. The van der Waals surface area contributed by atoms with Crippen molar-refractivity contribution in [3.05, 3.63) is 41.6 Å². The van der Waals surface area contributed by atoms with Crippen LogP contribution < -0.4 is 15.4 Å². The number of rotatable bonds is 6. The first-order chi connectivity index (χ1) is 12.2. The lowest BCUT2D eigenvalue weighted by Gasteiger charge is -2.12. The number of aromatic nitrogens is 2. The van der Waals surface area contributed by atoms with E-state index in [0.717, 1.165) is 30.7 Å². The van der Waals surface area contributed by atoms with Crippen molar-refractivity contribution in [2.75, 3.05) is 25.6 Å². The van der Waals surface area contributed by atoms with E-state index in [1.165, 1.54) is 0 Å². The molecule has 132 valence electrons. The minimum atomic E-state index is -0.248. The molecule has 1 aliphatic rings. The number of hydrogen-bond acceptors (Lipinski definition) is 6. The molecular weight excluding hydrogens is 320 g/mol. The fourth-order valence-electron chi connectivity index (χ4n) is 2.68. The summed E-state index contributed by atoms with van der Waals surface area (Å²) in [4.78, 5) is 12.1. The molecule has 1 amide bonds. The topological polar surface area (TPSA) is 85.4 Å². The van der Waals surface area contributed by atoms with Crippen molar-refractivity contribution < 1.29 is 14.3 Å². The van der Waals surface area contributed by atoms with Gasteiger partial charge in [0, 0.05) is 13.2 Å². The number of hydrogen-bond donors (Lipinski definition) is 2. The minimum absolute atomic E-state index is 0.103. The Morgan fingerprint density at radius 2 is 2.20 bits per heavy atom. The lowest BCUT2D eigenvalue weighted by atomic mass is 10.2. The maximum absolute atomic E-state index is 12.1. The van der Waals surface area contributed by atoms with Gasteiger partial charge in [-0.1, -0.05) is 6.07 Å². The van der Waals surface area contributed by atoms with Gasteiger partial charge in [-0.15, -0.1) is 10.2 Å². The van der Waals surface area contributed by atoms with E-state index in [4.69, 9.17) is 9.47 Å². The fraction of sp³-hybridized carbons (Fsp3) is 0.389. The number of methoxy groups -OCH3 is 1. The van der Waals surface area contributed by atoms with E-state index in [9.17, 15) is 4.79 Å². The van der Waals surface area contributed by atoms with Gasteiger partial charge in [0.1, 0.15) is 5.75 Å². The quantitative estimate of drug-likeness (QED) is 0.839. The van der Waals surface area contributed by atoms with Gasteiger partial charge in [0.25, 0.3) is 5.91 Å². The zero-order valence-corrected chi connectivity index (χ0v) is 14.4. The predicted molar refractivity (Wildman–Crippen MR) is 94.4 cm³/mol. The van der Waals surface area contributed by atoms with E-state index in [1.807, 2.05) is 25.1 Å². The second-order valence-electron chi connectivity index (χ2n) is 5.98. The summed E-state index contributed by atoms with van der Waals surface area (Å²) in [6.07, 6.45) is 2.13. The first kappa shape index (κ1) is 17.2. The van der Waals surface area contributed by atoms with Gasteiger partial charge >= 0.3 is 0 Å². The summed E-state index contributed by atoms with van der Waals surface area (Å²) >= 11 is 0. The van der Waals surface area contributed by atoms with Gasteiger partial charge in [-0.05, 0) is 49.6 Å². The van der Waals surface area contributed by atoms with Crippen LogP contribution in [-0.2, 0) is 4.74 Å². The van der Waals surface area contributed by atoms with E-state index in [1.54, 1.807) is 19.2 Å². The van der Waals surface area contributed by atoms with Gasteiger partial charge in [0.2, 0.25) is 0 Å². The molecule has 0 bridgehead atoms. The van der Waals surface area contributed by atoms with E-state index in [-0.39, 0.29) is 17.7 Å². The maximum atomic E-state index is 12.1. The smallest absolute Gasteiger partial charge is 0.271 e. The number of nitrogens with zero attached hydrogens (tertiary/aromatic N) is 2.